The molecule has 4 heterocycles. The number of anilines is 1. The van der Waals surface area contributed by atoms with Crippen molar-refractivity contribution >= 4 is 34.4 Å². The molecule has 5 aliphatic rings. The lowest BCUT2D eigenvalue weighted by molar-refractivity contribution is -0.383. The third-order valence-corrected chi connectivity index (χ3v) is 14.2. The molecule has 0 saturated carbocycles. The van der Waals surface area contributed by atoms with Crippen molar-refractivity contribution < 1.29 is 93.2 Å². The number of fused-ring (bicyclic) bond motifs is 2. The second-order valence-electron chi connectivity index (χ2n) is 20.2. The zero-order valence-electron chi connectivity index (χ0n) is 43.9. The van der Waals surface area contributed by atoms with Crippen molar-refractivity contribution in [1.82, 2.24) is 15.2 Å². The van der Waals surface area contributed by atoms with E-state index < -0.39 is 111 Å². The van der Waals surface area contributed by atoms with E-state index in [9.17, 15) is 60.3 Å². The molecule has 77 heavy (non-hydrogen) atoms. The summed E-state index contributed by atoms with van der Waals surface area (Å²) in [5, 5.41) is 103. The Morgan fingerprint density at radius 1 is 0.727 bits per heavy atom. The van der Waals surface area contributed by atoms with E-state index in [0.717, 1.165) is 30.3 Å². The molecule has 14 atom stereocenters. The highest BCUT2D eigenvalue weighted by atomic mass is 16.8. The Kier molecular flexibility index (Phi) is 20.9. The van der Waals surface area contributed by atoms with E-state index in [-0.39, 0.29) is 49.6 Å². The molecule has 0 radical (unpaired) electrons. The van der Waals surface area contributed by atoms with E-state index in [1.54, 1.807) is 12.1 Å². The van der Waals surface area contributed by atoms with Gasteiger partial charge in [-0.1, -0.05) is 31.7 Å². The molecule has 7 rings (SSSR count). The van der Waals surface area contributed by atoms with Crippen LogP contribution in [0.5, 0.6) is 0 Å². The van der Waals surface area contributed by atoms with Crippen LogP contribution in [0.1, 0.15) is 79.0 Å². The third kappa shape index (κ3) is 14.3. The Labute approximate surface area is 445 Å². The quantitative estimate of drug-likeness (QED) is 0.0236. The van der Waals surface area contributed by atoms with Crippen LogP contribution in [0.3, 0.4) is 0 Å². The van der Waals surface area contributed by atoms with Crippen LogP contribution in [-0.2, 0) is 33.2 Å². The van der Waals surface area contributed by atoms with Gasteiger partial charge in [0.25, 0.3) is 5.91 Å². The van der Waals surface area contributed by atoms with Crippen LogP contribution in [0.2, 0.25) is 0 Å². The van der Waals surface area contributed by atoms with Gasteiger partial charge in [-0.05, 0) is 55.7 Å². The maximum atomic E-state index is 13.3. The van der Waals surface area contributed by atoms with Crippen LogP contribution in [0.4, 0.5) is 5.69 Å². The first-order valence-electron chi connectivity index (χ1n) is 26.1. The number of nitrogens with zero attached hydrogens (tertiary/aromatic N) is 2. The number of unbranched alkanes of at least 4 members (excludes halogenated alkanes) is 5. The summed E-state index contributed by atoms with van der Waals surface area (Å²) in [5.74, 6) is -1.62. The van der Waals surface area contributed by atoms with Crippen LogP contribution >= 0.6 is 0 Å². The molecule has 3 fully saturated rings. The van der Waals surface area contributed by atoms with Gasteiger partial charge in [0.2, 0.25) is 11.3 Å². The van der Waals surface area contributed by atoms with Gasteiger partial charge in [-0.3, -0.25) is 9.59 Å². The van der Waals surface area contributed by atoms with Crippen molar-refractivity contribution in [3.05, 3.63) is 71.1 Å². The van der Waals surface area contributed by atoms with Crippen molar-refractivity contribution in [1.29, 1.82) is 0 Å². The number of aliphatic hydroxyl groups excluding tert-OH is 8. The summed E-state index contributed by atoms with van der Waals surface area (Å²) < 4.78 is 43.7. The van der Waals surface area contributed by atoms with Gasteiger partial charge < -0.3 is 99.1 Å². The summed E-state index contributed by atoms with van der Waals surface area (Å²) in [7, 11) is 7.65. The Bertz CT molecular complexity index is 2660. The molecule has 2 aromatic carbocycles. The van der Waals surface area contributed by atoms with E-state index >= 15 is 0 Å². The van der Waals surface area contributed by atoms with Gasteiger partial charge in [-0.2, -0.15) is 0 Å². The highest BCUT2D eigenvalue weighted by Gasteiger charge is 2.53. The lowest BCUT2D eigenvalue weighted by atomic mass is 9.89. The number of carbonyl (C=O) groups is 3. The molecule has 2 amide bonds. The summed E-state index contributed by atoms with van der Waals surface area (Å²) in [6.07, 6.45) is -15.6. The van der Waals surface area contributed by atoms with Gasteiger partial charge in [-0.25, -0.2) is 4.58 Å². The van der Waals surface area contributed by atoms with Gasteiger partial charge in [0, 0.05) is 92.1 Å². The number of hydrogen-bond acceptors (Lipinski definition) is 20. The van der Waals surface area contributed by atoms with Crippen molar-refractivity contribution in [2.45, 2.75) is 144 Å². The normalized spacial score (nSPS) is 28.6. The van der Waals surface area contributed by atoms with Gasteiger partial charge in [0.1, 0.15) is 80.4 Å². The number of amides is 2. The van der Waals surface area contributed by atoms with Gasteiger partial charge in [-0.15, -0.1) is 0 Å². The van der Waals surface area contributed by atoms with Gasteiger partial charge in [0.05, 0.1) is 37.5 Å². The number of aromatic carboxylic acids is 1. The highest BCUT2D eigenvalue weighted by Crippen LogP contribution is 2.42. The van der Waals surface area contributed by atoms with Crippen LogP contribution in [-0.4, -0.2) is 206 Å². The summed E-state index contributed by atoms with van der Waals surface area (Å²) in [4.78, 5) is 40.6. The first-order chi connectivity index (χ1) is 36.8. The maximum Gasteiger partial charge on any atom is 0.251 e. The lowest BCUT2D eigenvalue weighted by Gasteiger charge is -2.48. The van der Waals surface area contributed by atoms with Crippen LogP contribution in [0.15, 0.2) is 59.0 Å². The van der Waals surface area contributed by atoms with E-state index in [1.807, 2.05) is 74.1 Å². The summed E-state index contributed by atoms with van der Waals surface area (Å²) >= 11 is 0. The van der Waals surface area contributed by atoms with Crippen LogP contribution in [0, 0.1) is 0 Å². The first kappa shape index (κ1) is 59.4. The zero-order chi connectivity index (χ0) is 55.7. The van der Waals surface area contributed by atoms with Crippen LogP contribution in [0.25, 0.3) is 33.4 Å². The fourth-order valence-corrected chi connectivity index (χ4v) is 9.73. The largest absolute Gasteiger partial charge is 0.545 e. The van der Waals surface area contributed by atoms with Crippen molar-refractivity contribution in [2.24, 2.45) is 0 Å². The predicted octanol–water partition coefficient (Wildman–Crippen LogP) is -1.24. The van der Waals surface area contributed by atoms with Crippen LogP contribution < -0.4 is 30.6 Å². The number of ether oxygens (including phenoxy) is 6. The standard InChI is InChI=1S/C54H74N4O19/c1-28-44(63)47(66)48(67)53(72-28)77-50-49(76-42-25-36(61)45(64)39(26-59)74-42)46(65)40(27-60)75-54(50)71-21-11-9-7-6-8-10-12-41(62)55-19-20-56-51(68)29-13-16-32(35(22-29)52(69)70)43-33-17-14-30(57(2)3)23-37(33)73-38-24-31(58(4)5)15-18-34(38)43/h13-18,22-24,28,36,39-40,42,44-50,53-54,59-61,63-67H,6-12,19-21,25-27H2,1-5H3,(H2-,55,56,62,68,69,70)/t28-,36+,39+,40+,42+,44+,45+,46-,47+,48-,49-,50+,53-,54+/m0/s1. The molecule has 4 aliphatic heterocycles. The summed E-state index contributed by atoms with van der Waals surface area (Å²) in [5.41, 5.74) is 3.05. The molecule has 424 valence electrons. The number of rotatable bonds is 23. The molecule has 23 nitrogen and oxygen atoms in total. The molecule has 0 aromatic heterocycles. The fraction of sp³-hybridized carbons (Fsp3) is 0.593. The van der Waals surface area contributed by atoms with Crippen molar-refractivity contribution in [2.75, 3.05) is 66.0 Å². The van der Waals surface area contributed by atoms with Gasteiger partial charge in [0.15, 0.2) is 18.9 Å². The molecule has 0 bridgehead atoms. The molecule has 0 unspecified atom stereocenters. The molecule has 2 aromatic rings. The van der Waals surface area contributed by atoms with E-state index in [4.69, 9.17) is 32.8 Å². The second-order valence-corrected chi connectivity index (χ2v) is 20.2. The highest BCUT2D eigenvalue weighted by molar-refractivity contribution is 6.09. The Morgan fingerprint density at radius 2 is 1.42 bits per heavy atom. The molecule has 10 N–H and O–H groups in total. The number of aliphatic hydroxyl groups is 8. The van der Waals surface area contributed by atoms with E-state index in [1.165, 1.54) is 13.0 Å². The SMILES string of the molecule is C[C@@H]1O[C@@H](O[C@H]2[C@H](OCCCCCCCCC(=O)NCCNC(=O)c3ccc(-c4c5ccc(=[N+](C)C)cc-5oc5cc(N(C)C)ccc45)c(C(=O)[O-])c3)O[C@H](CO)[C@H](O)[C@@H]2O[C@@H]2C[C@@H](O)[C@@H](O)[C@@H](CO)O2)[C@@H](O)[C@H](O)[C@@H]1O. The molecule has 3 saturated heterocycles. The topological polar surface area (TPSA) is 335 Å². The average Bonchev–Trinajstić information content (AvgIpc) is 3.41. The van der Waals surface area contributed by atoms with Crippen molar-refractivity contribution in [3.63, 3.8) is 0 Å². The number of carbonyl (C=O) groups excluding carboxylic acids is 3. The zero-order valence-corrected chi connectivity index (χ0v) is 43.9. The fourth-order valence-electron chi connectivity index (χ4n) is 9.73. The minimum absolute atomic E-state index is 0.0958. The van der Waals surface area contributed by atoms with Gasteiger partial charge >= 0.3 is 0 Å². The minimum Gasteiger partial charge on any atom is -0.545 e. The molecule has 0 spiro atoms. The minimum atomic E-state index is -1.75. The van der Waals surface area contributed by atoms with Crippen molar-refractivity contribution in [3.8, 4) is 22.5 Å². The Balaban J connectivity index is 0.861. The lowest BCUT2D eigenvalue weighted by Crippen LogP contribution is -2.65. The monoisotopic (exact) mass is 1080 g/mol. The number of hydrogen-bond donors (Lipinski definition) is 10. The second kappa shape index (κ2) is 27.1. The smallest absolute Gasteiger partial charge is 0.251 e. The van der Waals surface area contributed by atoms with E-state index in [2.05, 4.69) is 10.6 Å². The summed E-state index contributed by atoms with van der Waals surface area (Å²) in [6, 6.07) is 15.8. The third-order valence-electron chi connectivity index (χ3n) is 14.2. The maximum absolute atomic E-state index is 13.3. The average molecular weight is 1080 g/mol. The summed E-state index contributed by atoms with van der Waals surface area (Å²) in [6.45, 7) is 0.476. The number of nitrogens with one attached hydrogen (secondary N) is 2. The number of benzene rings is 3. The molecular weight excluding hydrogens is 1010 g/mol. The predicted molar refractivity (Wildman–Crippen MR) is 274 cm³/mol. The first-order valence-corrected chi connectivity index (χ1v) is 26.1. The molecular formula is C54H74N4O19. The molecule has 23 heteroatoms. The molecule has 1 aliphatic carbocycles. The van der Waals surface area contributed by atoms with E-state index in [0.29, 0.717) is 52.7 Å². The number of carboxylic acids is 1. The number of carboxylic acid groups (broad SMARTS) is 1. The Hall–Kier alpha value is -5.22. The Morgan fingerprint density at radius 3 is 2.12 bits per heavy atom.